The number of methoxy groups -OCH3 is 1. The summed E-state index contributed by atoms with van der Waals surface area (Å²) in [5.74, 6) is 1.12. The Labute approximate surface area is 121 Å². The summed E-state index contributed by atoms with van der Waals surface area (Å²) in [6.45, 7) is 2.02. The van der Waals surface area contributed by atoms with Crippen LogP contribution in [0.2, 0.25) is 5.02 Å². The van der Waals surface area contributed by atoms with Crippen LogP contribution in [0.5, 0.6) is 5.75 Å². The minimum Gasteiger partial charge on any atom is -0.495 e. The minimum atomic E-state index is 0.386. The van der Waals surface area contributed by atoms with Gasteiger partial charge in [0.05, 0.1) is 23.3 Å². The first-order chi connectivity index (χ1) is 9.61. The van der Waals surface area contributed by atoms with Crippen LogP contribution in [-0.4, -0.2) is 16.7 Å². The molecule has 0 saturated heterocycles. The van der Waals surface area contributed by atoms with E-state index in [1.165, 1.54) is 0 Å². The number of ether oxygens (including phenoxy) is 1. The summed E-state index contributed by atoms with van der Waals surface area (Å²) < 4.78 is 7.28. The van der Waals surface area contributed by atoms with Gasteiger partial charge in [-0.2, -0.15) is 0 Å². The summed E-state index contributed by atoms with van der Waals surface area (Å²) in [4.78, 5) is 4.35. The fraction of sp³-hybridized carbons (Fsp3) is 0.133. The number of aromatic nitrogens is 2. The smallest absolute Gasteiger partial charge is 0.206 e. The summed E-state index contributed by atoms with van der Waals surface area (Å²) in [5.41, 5.74) is 9.59. The fourth-order valence-electron chi connectivity index (χ4n) is 2.31. The molecular formula is C15H14ClN3O. The molecule has 0 bridgehead atoms. The highest BCUT2D eigenvalue weighted by molar-refractivity contribution is 6.35. The third kappa shape index (κ3) is 1.89. The van der Waals surface area contributed by atoms with Gasteiger partial charge in [0.2, 0.25) is 5.95 Å². The van der Waals surface area contributed by atoms with Crippen molar-refractivity contribution in [2.75, 3.05) is 12.8 Å². The number of nitrogens with two attached hydrogens (primary N) is 1. The van der Waals surface area contributed by atoms with E-state index in [2.05, 4.69) is 4.98 Å². The van der Waals surface area contributed by atoms with Crippen molar-refractivity contribution in [3.63, 3.8) is 0 Å². The Morgan fingerprint density at radius 1 is 1.25 bits per heavy atom. The average molecular weight is 288 g/mol. The highest BCUT2D eigenvalue weighted by atomic mass is 35.5. The number of rotatable bonds is 2. The molecule has 0 amide bonds. The minimum absolute atomic E-state index is 0.386. The van der Waals surface area contributed by atoms with E-state index in [0.29, 0.717) is 16.5 Å². The van der Waals surface area contributed by atoms with Crippen LogP contribution in [0.15, 0.2) is 36.4 Å². The molecule has 1 aromatic heterocycles. The lowest BCUT2D eigenvalue weighted by Crippen LogP contribution is -2.03. The van der Waals surface area contributed by atoms with Crippen LogP contribution in [0.3, 0.4) is 0 Å². The number of aryl methyl sites for hydroxylation is 1. The fourth-order valence-corrected chi connectivity index (χ4v) is 2.52. The van der Waals surface area contributed by atoms with Gasteiger partial charge in [-0.3, -0.25) is 4.57 Å². The Bertz CT molecular complexity index is 795. The molecule has 0 aliphatic carbocycles. The summed E-state index contributed by atoms with van der Waals surface area (Å²) in [6.07, 6.45) is 0. The number of nitrogens with zero attached hydrogens (tertiary/aromatic N) is 2. The van der Waals surface area contributed by atoms with Crippen LogP contribution in [0.1, 0.15) is 5.56 Å². The Balaban J connectivity index is 2.38. The van der Waals surface area contributed by atoms with Crippen molar-refractivity contribution in [3.8, 4) is 11.4 Å². The van der Waals surface area contributed by atoms with Gasteiger partial charge in [-0.05, 0) is 36.8 Å². The summed E-state index contributed by atoms with van der Waals surface area (Å²) in [5, 5.41) is 0.583. The van der Waals surface area contributed by atoms with Crippen molar-refractivity contribution in [1.82, 2.24) is 9.55 Å². The molecule has 5 heteroatoms. The largest absolute Gasteiger partial charge is 0.495 e. The Morgan fingerprint density at radius 3 is 2.80 bits per heavy atom. The predicted molar refractivity (Wildman–Crippen MR) is 81.8 cm³/mol. The van der Waals surface area contributed by atoms with E-state index in [-0.39, 0.29) is 0 Å². The molecule has 1 heterocycles. The Morgan fingerprint density at radius 2 is 2.05 bits per heavy atom. The normalized spacial score (nSPS) is 10.9. The predicted octanol–water partition coefficient (Wildman–Crippen LogP) is 3.58. The summed E-state index contributed by atoms with van der Waals surface area (Å²) >= 11 is 6.17. The van der Waals surface area contributed by atoms with Crippen LogP contribution in [0.25, 0.3) is 16.7 Å². The number of hydrogen-bond donors (Lipinski definition) is 1. The van der Waals surface area contributed by atoms with Crippen molar-refractivity contribution in [2.24, 2.45) is 0 Å². The lowest BCUT2D eigenvalue weighted by atomic mass is 10.2. The zero-order valence-electron chi connectivity index (χ0n) is 11.2. The number of benzene rings is 2. The lowest BCUT2D eigenvalue weighted by molar-refractivity contribution is 0.413. The van der Waals surface area contributed by atoms with Crippen molar-refractivity contribution in [1.29, 1.82) is 0 Å². The maximum Gasteiger partial charge on any atom is 0.206 e. The maximum absolute atomic E-state index is 6.17. The number of halogens is 1. The van der Waals surface area contributed by atoms with Crippen molar-refractivity contribution < 1.29 is 4.74 Å². The molecule has 0 fully saturated rings. The SMILES string of the molecule is COc1ccc(C)cc1-n1c(N)nc2c(Cl)cccc21. The Hall–Kier alpha value is -2.20. The monoisotopic (exact) mass is 287 g/mol. The van der Waals surface area contributed by atoms with Crippen LogP contribution in [-0.2, 0) is 0 Å². The van der Waals surface area contributed by atoms with Gasteiger partial charge in [0.25, 0.3) is 0 Å². The van der Waals surface area contributed by atoms with E-state index in [0.717, 1.165) is 22.5 Å². The Kier molecular flexibility index (Phi) is 3.03. The van der Waals surface area contributed by atoms with Crippen LogP contribution >= 0.6 is 11.6 Å². The molecule has 0 saturated carbocycles. The quantitative estimate of drug-likeness (QED) is 0.784. The molecule has 3 rings (SSSR count). The number of anilines is 1. The zero-order valence-corrected chi connectivity index (χ0v) is 12.0. The first-order valence-corrected chi connectivity index (χ1v) is 6.57. The average Bonchev–Trinajstić information content (AvgIpc) is 2.76. The topological polar surface area (TPSA) is 53.1 Å². The molecule has 0 atom stereocenters. The molecule has 20 heavy (non-hydrogen) atoms. The molecule has 0 radical (unpaired) electrons. The van der Waals surface area contributed by atoms with E-state index < -0.39 is 0 Å². The van der Waals surface area contributed by atoms with Gasteiger partial charge in [0.1, 0.15) is 11.3 Å². The van der Waals surface area contributed by atoms with Crippen molar-refractivity contribution >= 4 is 28.6 Å². The first-order valence-electron chi connectivity index (χ1n) is 6.19. The highest BCUT2D eigenvalue weighted by Crippen LogP contribution is 2.32. The lowest BCUT2D eigenvalue weighted by Gasteiger charge is -2.12. The van der Waals surface area contributed by atoms with Gasteiger partial charge >= 0.3 is 0 Å². The van der Waals surface area contributed by atoms with Crippen molar-refractivity contribution in [3.05, 3.63) is 47.0 Å². The molecule has 0 aliphatic rings. The second kappa shape index (κ2) is 4.72. The number of hydrogen-bond acceptors (Lipinski definition) is 3. The van der Waals surface area contributed by atoms with E-state index in [1.54, 1.807) is 13.2 Å². The zero-order chi connectivity index (χ0) is 14.3. The van der Waals surface area contributed by atoms with E-state index in [1.807, 2.05) is 41.8 Å². The van der Waals surface area contributed by atoms with E-state index in [4.69, 9.17) is 22.1 Å². The maximum atomic E-state index is 6.17. The van der Waals surface area contributed by atoms with E-state index in [9.17, 15) is 0 Å². The van der Waals surface area contributed by atoms with Crippen LogP contribution in [0, 0.1) is 6.92 Å². The van der Waals surface area contributed by atoms with E-state index >= 15 is 0 Å². The standard InChI is InChI=1S/C15H14ClN3O/c1-9-6-7-13(20-2)12(8-9)19-11-5-3-4-10(16)14(11)18-15(19)17/h3-8H,1-2H3,(H2,17,18). The second-order valence-electron chi connectivity index (χ2n) is 4.59. The van der Waals surface area contributed by atoms with Crippen LogP contribution in [0.4, 0.5) is 5.95 Å². The van der Waals surface area contributed by atoms with Gasteiger partial charge in [0.15, 0.2) is 0 Å². The van der Waals surface area contributed by atoms with Crippen LogP contribution < -0.4 is 10.5 Å². The molecule has 0 aliphatic heterocycles. The van der Waals surface area contributed by atoms with Crippen molar-refractivity contribution in [2.45, 2.75) is 6.92 Å². The molecule has 2 N–H and O–H groups in total. The third-order valence-electron chi connectivity index (χ3n) is 3.24. The van der Waals surface area contributed by atoms with Gasteiger partial charge < -0.3 is 10.5 Å². The number of imidazole rings is 1. The highest BCUT2D eigenvalue weighted by Gasteiger charge is 2.15. The number of fused-ring (bicyclic) bond motifs is 1. The molecule has 102 valence electrons. The molecule has 4 nitrogen and oxygen atoms in total. The summed E-state index contributed by atoms with van der Waals surface area (Å²) in [7, 11) is 1.64. The second-order valence-corrected chi connectivity index (χ2v) is 5.00. The molecular weight excluding hydrogens is 274 g/mol. The molecule has 0 unspecified atom stereocenters. The summed E-state index contributed by atoms with van der Waals surface area (Å²) in [6, 6.07) is 11.5. The third-order valence-corrected chi connectivity index (χ3v) is 3.54. The van der Waals surface area contributed by atoms with Gasteiger partial charge in [-0.1, -0.05) is 23.7 Å². The molecule has 3 aromatic rings. The van der Waals surface area contributed by atoms with Gasteiger partial charge in [-0.25, -0.2) is 4.98 Å². The first kappa shape index (κ1) is 12.8. The molecule has 2 aromatic carbocycles. The van der Waals surface area contributed by atoms with Gasteiger partial charge in [-0.15, -0.1) is 0 Å². The number of para-hydroxylation sites is 1. The molecule has 0 spiro atoms. The van der Waals surface area contributed by atoms with Gasteiger partial charge in [0, 0.05) is 0 Å². The number of nitrogen functional groups attached to an aromatic ring is 1.